The van der Waals surface area contributed by atoms with Crippen molar-refractivity contribution in [3.8, 4) is 5.82 Å². The number of benzene rings is 1. The van der Waals surface area contributed by atoms with Crippen LogP contribution in [0.5, 0.6) is 0 Å². The third-order valence-electron chi connectivity index (χ3n) is 3.86. The highest BCUT2D eigenvalue weighted by Crippen LogP contribution is 2.26. The van der Waals surface area contributed by atoms with Crippen molar-refractivity contribution in [1.29, 1.82) is 0 Å². The maximum absolute atomic E-state index is 12.5. The normalized spacial score (nSPS) is 11.1. The second kappa shape index (κ2) is 8.49. The lowest BCUT2D eigenvalue weighted by Gasteiger charge is -2.09. The van der Waals surface area contributed by atoms with Crippen molar-refractivity contribution in [2.45, 2.75) is 11.1 Å². The van der Waals surface area contributed by atoms with E-state index in [0.717, 1.165) is 11.3 Å². The Kier molecular flexibility index (Phi) is 5.60. The van der Waals surface area contributed by atoms with Crippen molar-refractivity contribution in [2.24, 2.45) is 0 Å². The molecule has 1 amide bonds. The molecule has 3 N–H and O–H groups in total. The summed E-state index contributed by atoms with van der Waals surface area (Å²) in [5.41, 5.74) is 1.09. The molecule has 4 rings (SSSR count). The van der Waals surface area contributed by atoms with E-state index in [1.54, 1.807) is 53.6 Å². The van der Waals surface area contributed by atoms with E-state index in [0.29, 0.717) is 23.0 Å². The number of rotatable bonds is 7. The third-order valence-corrected chi connectivity index (χ3v) is 6.62. The van der Waals surface area contributed by atoms with Crippen LogP contribution in [0.3, 0.4) is 0 Å². The molecule has 0 aliphatic heterocycles. The molecule has 0 bridgehead atoms. The van der Waals surface area contributed by atoms with E-state index in [2.05, 4.69) is 35.3 Å². The van der Waals surface area contributed by atoms with Crippen molar-refractivity contribution in [3.63, 3.8) is 0 Å². The molecular weight excluding hydrogens is 440 g/mol. The van der Waals surface area contributed by atoms with Gasteiger partial charge in [0.15, 0.2) is 9.34 Å². The highest BCUT2D eigenvalue weighted by molar-refractivity contribution is 7.94. The Morgan fingerprint density at radius 2 is 1.87 bits per heavy atom. The van der Waals surface area contributed by atoms with E-state index in [4.69, 9.17) is 0 Å². The predicted octanol–water partition coefficient (Wildman–Crippen LogP) is 2.62. The number of nitrogens with one attached hydrogen (secondary N) is 3. The predicted molar refractivity (Wildman–Crippen MR) is 116 cm³/mol. The summed E-state index contributed by atoms with van der Waals surface area (Å²) in [6, 6.07) is 8.43. The van der Waals surface area contributed by atoms with E-state index in [1.165, 1.54) is 19.4 Å². The maximum Gasteiger partial charge on any atom is 0.273 e. The van der Waals surface area contributed by atoms with Crippen LogP contribution in [-0.2, 0) is 14.8 Å². The van der Waals surface area contributed by atoms with Gasteiger partial charge in [0.25, 0.3) is 10.0 Å². The van der Waals surface area contributed by atoms with Crippen LogP contribution < -0.4 is 15.4 Å². The average Bonchev–Trinajstić information content (AvgIpc) is 3.42. The van der Waals surface area contributed by atoms with Gasteiger partial charge in [-0.3, -0.25) is 14.1 Å². The summed E-state index contributed by atoms with van der Waals surface area (Å²) in [4.78, 5) is 27.3. The summed E-state index contributed by atoms with van der Waals surface area (Å²) in [6.45, 7) is 1.32. The molecule has 31 heavy (non-hydrogen) atoms. The first-order valence-corrected chi connectivity index (χ1v) is 11.1. The lowest BCUT2D eigenvalue weighted by molar-refractivity contribution is -0.114. The Morgan fingerprint density at radius 1 is 1.10 bits per heavy atom. The molecule has 0 aliphatic rings. The number of nitrogens with zero attached hydrogens (tertiary/aromatic N) is 5. The lowest BCUT2D eigenvalue weighted by Crippen LogP contribution is -2.11. The molecule has 0 unspecified atom stereocenters. The Bertz CT molecular complexity index is 1300. The zero-order chi connectivity index (χ0) is 21.8. The number of imidazole rings is 1. The van der Waals surface area contributed by atoms with Gasteiger partial charge in [0.1, 0.15) is 24.3 Å². The first-order valence-electron chi connectivity index (χ1n) is 8.83. The molecule has 158 valence electrons. The van der Waals surface area contributed by atoms with E-state index in [1.807, 2.05) is 0 Å². The molecule has 3 aromatic heterocycles. The number of hydrogen-bond acceptors (Lipinski definition) is 9. The van der Waals surface area contributed by atoms with Crippen molar-refractivity contribution in [3.05, 3.63) is 61.6 Å². The van der Waals surface area contributed by atoms with Crippen LogP contribution >= 0.6 is 11.3 Å². The fourth-order valence-electron chi connectivity index (χ4n) is 2.52. The summed E-state index contributed by atoms with van der Waals surface area (Å²) in [7, 11) is -3.83. The van der Waals surface area contributed by atoms with Gasteiger partial charge in [-0.2, -0.15) is 0 Å². The topological polar surface area (TPSA) is 144 Å². The van der Waals surface area contributed by atoms with Gasteiger partial charge in [-0.15, -0.1) is 0 Å². The fourth-order valence-corrected chi connectivity index (χ4v) is 4.65. The Morgan fingerprint density at radius 3 is 2.58 bits per heavy atom. The quantitative estimate of drug-likeness (QED) is 0.385. The van der Waals surface area contributed by atoms with E-state index < -0.39 is 10.0 Å². The van der Waals surface area contributed by atoms with E-state index in [-0.39, 0.29) is 15.2 Å². The molecule has 11 nitrogen and oxygen atoms in total. The highest BCUT2D eigenvalue weighted by Gasteiger charge is 2.18. The van der Waals surface area contributed by atoms with Crippen LogP contribution in [0.2, 0.25) is 0 Å². The molecule has 0 saturated heterocycles. The number of aromatic nitrogens is 5. The fraction of sp³-hybridized carbons (Fsp3) is 0.0556. The van der Waals surface area contributed by atoms with Gasteiger partial charge in [-0.25, -0.2) is 28.4 Å². The van der Waals surface area contributed by atoms with Crippen LogP contribution in [-0.4, -0.2) is 38.8 Å². The molecule has 0 atom stereocenters. The molecule has 0 aliphatic carbocycles. The lowest BCUT2D eigenvalue weighted by atomic mass is 10.3. The number of carbonyl (C=O) groups is 1. The Labute approximate surface area is 181 Å². The number of carbonyl (C=O) groups excluding carboxylic acids is 1. The molecule has 0 radical (unpaired) electrons. The van der Waals surface area contributed by atoms with Gasteiger partial charge >= 0.3 is 0 Å². The maximum atomic E-state index is 12.5. The second-order valence-electron chi connectivity index (χ2n) is 6.20. The summed E-state index contributed by atoms with van der Waals surface area (Å²) in [6.07, 6.45) is 7.69. The second-order valence-corrected chi connectivity index (χ2v) is 9.14. The Hall–Kier alpha value is -3.84. The Balaban J connectivity index is 1.44. The third kappa shape index (κ3) is 5.02. The zero-order valence-electron chi connectivity index (χ0n) is 16.1. The van der Waals surface area contributed by atoms with Crippen molar-refractivity contribution in [2.75, 3.05) is 15.4 Å². The first kappa shape index (κ1) is 20.4. The van der Waals surface area contributed by atoms with Crippen LogP contribution in [0.25, 0.3) is 5.82 Å². The van der Waals surface area contributed by atoms with Gasteiger partial charge in [0, 0.05) is 36.8 Å². The molecule has 0 spiro atoms. The van der Waals surface area contributed by atoms with Crippen LogP contribution in [0.4, 0.5) is 22.3 Å². The van der Waals surface area contributed by atoms with E-state index >= 15 is 0 Å². The van der Waals surface area contributed by atoms with Crippen LogP contribution in [0.1, 0.15) is 6.92 Å². The minimum atomic E-state index is -3.83. The van der Waals surface area contributed by atoms with Gasteiger partial charge in [-0.05, 0) is 24.3 Å². The average molecular weight is 457 g/mol. The number of thiazole rings is 1. The number of anilines is 4. The van der Waals surface area contributed by atoms with E-state index in [9.17, 15) is 13.2 Å². The molecule has 0 fully saturated rings. The molecule has 0 saturated carbocycles. The molecular formula is C18H16N8O3S2. The van der Waals surface area contributed by atoms with Crippen molar-refractivity contribution >= 4 is 49.6 Å². The minimum Gasteiger partial charge on any atom is -0.340 e. The van der Waals surface area contributed by atoms with Gasteiger partial charge in [-0.1, -0.05) is 11.3 Å². The van der Waals surface area contributed by atoms with Gasteiger partial charge in [0.2, 0.25) is 5.91 Å². The first-order chi connectivity index (χ1) is 14.9. The van der Waals surface area contributed by atoms with Crippen molar-refractivity contribution in [1.82, 2.24) is 24.5 Å². The highest BCUT2D eigenvalue weighted by atomic mass is 32.2. The molecule has 4 aromatic rings. The largest absolute Gasteiger partial charge is 0.340 e. The standard InChI is InChI=1S/C18H16N8O3S2/c1-12(27)23-18-20-9-17(30-18)31(28,29)25-14-4-2-13(3-5-14)24-15-8-16(22-10-21-15)26-7-6-19-11-26/h2-11,25H,1H3,(H,20,23,27)(H,21,22,24). The zero-order valence-corrected chi connectivity index (χ0v) is 17.7. The van der Waals surface area contributed by atoms with Gasteiger partial charge in [0.05, 0.1) is 6.20 Å². The minimum absolute atomic E-state index is 0.00790. The smallest absolute Gasteiger partial charge is 0.273 e. The summed E-state index contributed by atoms with van der Waals surface area (Å²) in [5.74, 6) is 0.903. The molecule has 1 aromatic carbocycles. The number of hydrogen-bond donors (Lipinski definition) is 3. The van der Waals surface area contributed by atoms with Crippen molar-refractivity contribution < 1.29 is 13.2 Å². The summed E-state index contributed by atoms with van der Waals surface area (Å²) >= 11 is 0.866. The summed E-state index contributed by atoms with van der Waals surface area (Å²) < 4.78 is 29.3. The monoisotopic (exact) mass is 456 g/mol. The number of sulfonamides is 1. The van der Waals surface area contributed by atoms with Crippen LogP contribution in [0.15, 0.2) is 65.8 Å². The van der Waals surface area contributed by atoms with Gasteiger partial charge < -0.3 is 10.6 Å². The van der Waals surface area contributed by atoms with Crippen LogP contribution in [0, 0.1) is 0 Å². The molecule has 3 heterocycles. The summed E-state index contributed by atoms with van der Waals surface area (Å²) in [5, 5.41) is 5.81. The number of amides is 1. The SMILES string of the molecule is CC(=O)Nc1ncc(S(=O)(=O)Nc2ccc(Nc3cc(-n4ccnc4)ncn3)cc2)s1. The molecule has 13 heteroatoms.